The van der Waals surface area contributed by atoms with Crippen LogP contribution in [0.5, 0.6) is 0 Å². The Morgan fingerprint density at radius 2 is 1.97 bits per heavy atom. The van der Waals surface area contributed by atoms with E-state index in [0.717, 1.165) is 6.42 Å². The second-order valence-electron chi connectivity index (χ2n) is 7.17. The van der Waals surface area contributed by atoms with Crippen molar-refractivity contribution in [1.82, 2.24) is 15.1 Å². The van der Waals surface area contributed by atoms with E-state index in [1.54, 1.807) is 30.3 Å². The van der Waals surface area contributed by atoms with E-state index in [0.29, 0.717) is 34.7 Å². The van der Waals surface area contributed by atoms with Crippen LogP contribution < -0.4 is 5.32 Å². The fourth-order valence-electron chi connectivity index (χ4n) is 3.53. The van der Waals surface area contributed by atoms with Gasteiger partial charge >= 0.3 is 6.18 Å². The number of halogens is 3. The van der Waals surface area contributed by atoms with Crippen LogP contribution in [-0.4, -0.2) is 21.7 Å². The van der Waals surface area contributed by atoms with Crippen LogP contribution in [0.1, 0.15) is 47.6 Å². The van der Waals surface area contributed by atoms with Crippen LogP contribution in [0.4, 0.5) is 13.2 Å². The molecule has 1 aliphatic carbocycles. The molecule has 0 aliphatic heterocycles. The zero-order chi connectivity index (χ0) is 20.8. The number of aryl methyl sites for hydroxylation is 1. The number of carbonyl (C=O) groups excluding carboxylic acids is 1. The Bertz CT molecular complexity index is 1050. The molecule has 3 aromatic rings. The Hall–Kier alpha value is -3.03. The molecule has 0 saturated carbocycles. The lowest BCUT2D eigenvalue weighted by Gasteiger charge is -2.15. The average molecular weight is 403 g/mol. The van der Waals surface area contributed by atoms with Crippen molar-refractivity contribution in [1.29, 1.82) is 0 Å². The highest BCUT2D eigenvalue weighted by Gasteiger charge is 2.41. The maximum Gasteiger partial charge on any atom is 0.435 e. The monoisotopic (exact) mass is 403 g/mol. The minimum Gasteiger partial charge on any atom is -0.469 e. The summed E-state index contributed by atoms with van der Waals surface area (Å²) in [5.74, 6) is 0.429. The molecule has 8 heteroatoms. The number of alkyl halides is 3. The predicted octanol–water partition coefficient (Wildman–Crippen LogP) is 4.78. The van der Waals surface area contributed by atoms with Gasteiger partial charge in [0.15, 0.2) is 5.69 Å². The number of hydrogen-bond acceptors (Lipinski definition) is 3. The lowest BCUT2D eigenvalue weighted by molar-refractivity contribution is -0.142. The van der Waals surface area contributed by atoms with Crippen LogP contribution in [0.25, 0.3) is 16.9 Å². The molecule has 0 fully saturated rings. The topological polar surface area (TPSA) is 60.1 Å². The Morgan fingerprint density at radius 1 is 1.24 bits per heavy atom. The van der Waals surface area contributed by atoms with E-state index in [-0.39, 0.29) is 23.9 Å². The molecule has 1 atom stereocenters. The van der Waals surface area contributed by atoms with Crippen LogP contribution in [0.15, 0.2) is 41.0 Å². The van der Waals surface area contributed by atoms with Gasteiger partial charge in [-0.05, 0) is 50.1 Å². The summed E-state index contributed by atoms with van der Waals surface area (Å²) < 4.78 is 47.5. The Kier molecular flexibility index (Phi) is 4.72. The number of nitrogens with zero attached hydrogens (tertiary/aromatic N) is 2. The fraction of sp³-hybridized carbons (Fsp3) is 0.333. The lowest BCUT2D eigenvalue weighted by Crippen LogP contribution is -2.31. The summed E-state index contributed by atoms with van der Waals surface area (Å²) in [6, 6.07) is 8.09. The van der Waals surface area contributed by atoms with Gasteiger partial charge in [-0.3, -0.25) is 4.79 Å². The van der Waals surface area contributed by atoms with Gasteiger partial charge in [0.05, 0.1) is 17.6 Å². The van der Waals surface area contributed by atoms with Gasteiger partial charge in [-0.1, -0.05) is 6.92 Å². The van der Waals surface area contributed by atoms with E-state index in [1.807, 2.05) is 13.8 Å². The van der Waals surface area contributed by atoms with Gasteiger partial charge in [0.2, 0.25) is 0 Å². The second kappa shape index (κ2) is 7.09. The molecular weight excluding hydrogens is 383 g/mol. The second-order valence-corrected chi connectivity index (χ2v) is 7.17. The summed E-state index contributed by atoms with van der Waals surface area (Å²) >= 11 is 0. The molecule has 4 rings (SSSR count). The first kappa shape index (κ1) is 19.3. The fourth-order valence-corrected chi connectivity index (χ4v) is 3.53. The molecular formula is C21H20F3N3O2. The van der Waals surface area contributed by atoms with Gasteiger partial charge in [-0.2, -0.15) is 18.3 Å². The number of aromatic nitrogens is 2. The molecule has 2 heterocycles. The van der Waals surface area contributed by atoms with Crippen molar-refractivity contribution in [3.05, 3.63) is 59.2 Å². The minimum atomic E-state index is -4.55. The third kappa shape index (κ3) is 3.43. The quantitative estimate of drug-likeness (QED) is 0.682. The van der Waals surface area contributed by atoms with E-state index in [9.17, 15) is 18.0 Å². The molecule has 1 aliphatic rings. The highest BCUT2D eigenvalue weighted by atomic mass is 19.4. The van der Waals surface area contributed by atoms with Crippen LogP contribution >= 0.6 is 0 Å². The van der Waals surface area contributed by atoms with Gasteiger partial charge < -0.3 is 9.73 Å². The van der Waals surface area contributed by atoms with Crippen LogP contribution in [0.3, 0.4) is 0 Å². The third-order valence-electron chi connectivity index (χ3n) is 5.22. The summed E-state index contributed by atoms with van der Waals surface area (Å²) in [7, 11) is 0. The standard InChI is InChI=1S/C21H20F3N3O2/c1-3-12(2)25-20(28)13-4-6-14(7-5-13)27-18-15-10-11-29-17(15)9-8-16(18)19(26-27)21(22,23)24/h4-7,10-12H,3,8-9H2,1-2H3,(H,25,28). The van der Waals surface area contributed by atoms with E-state index >= 15 is 0 Å². The highest BCUT2D eigenvalue weighted by molar-refractivity contribution is 5.94. The smallest absolute Gasteiger partial charge is 0.435 e. The van der Waals surface area contributed by atoms with Crippen molar-refractivity contribution in [2.75, 3.05) is 0 Å². The molecule has 0 spiro atoms. The van der Waals surface area contributed by atoms with Gasteiger partial charge in [-0.25, -0.2) is 4.68 Å². The van der Waals surface area contributed by atoms with Crippen LogP contribution in [0, 0.1) is 0 Å². The summed E-state index contributed by atoms with van der Waals surface area (Å²) in [6.45, 7) is 3.88. The van der Waals surface area contributed by atoms with E-state index in [4.69, 9.17) is 4.42 Å². The maximum atomic E-state index is 13.6. The van der Waals surface area contributed by atoms with Crippen LogP contribution in [-0.2, 0) is 19.0 Å². The third-order valence-corrected chi connectivity index (χ3v) is 5.22. The molecule has 152 valence electrons. The van der Waals surface area contributed by atoms with Crippen molar-refractivity contribution in [2.24, 2.45) is 0 Å². The van der Waals surface area contributed by atoms with Crippen molar-refractivity contribution >= 4 is 5.91 Å². The zero-order valence-electron chi connectivity index (χ0n) is 16.0. The van der Waals surface area contributed by atoms with Crippen molar-refractivity contribution in [2.45, 2.75) is 45.3 Å². The molecule has 0 bridgehead atoms. The summed E-state index contributed by atoms with van der Waals surface area (Å²) in [4.78, 5) is 12.3. The SMILES string of the molecule is CCC(C)NC(=O)c1ccc(-n2nc(C(F)(F)F)c3c2-c2ccoc2CC3)cc1. The van der Waals surface area contributed by atoms with Gasteiger partial charge in [0, 0.05) is 29.2 Å². The lowest BCUT2D eigenvalue weighted by atomic mass is 9.94. The number of hydrogen-bond donors (Lipinski definition) is 1. The number of carbonyl (C=O) groups is 1. The molecule has 5 nitrogen and oxygen atoms in total. The first-order valence-corrected chi connectivity index (χ1v) is 9.46. The molecule has 1 N–H and O–H groups in total. The molecule has 2 aromatic heterocycles. The number of fused-ring (bicyclic) bond motifs is 3. The zero-order valence-corrected chi connectivity index (χ0v) is 16.0. The number of benzene rings is 1. The molecule has 0 saturated heterocycles. The molecule has 29 heavy (non-hydrogen) atoms. The summed E-state index contributed by atoms with van der Waals surface area (Å²) in [5.41, 5.74) is 1.20. The maximum absolute atomic E-state index is 13.6. The van der Waals surface area contributed by atoms with Crippen molar-refractivity contribution < 1.29 is 22.4 Å². The normalized spacial score (nSPS) is 14.2. The summed E-state index contributed by atoms with van der Waals surface area (Å²) in [6.07, 6.45) is -1.66. The molecule has 1 unspecified atom stereocenters. The van der Waals surface area contributed by atoms with Gasteiger partial charge in [0.1, 0.15) is 5.76 Å². The first-order chi connectivity index (χ1) is 13.8. The van der Waals surface area contributed by atoms with Crippen molar-refractivity contribution in [3.63, 3.8) is 0 Å². The minimum absolute atomic E-state index is 0.0363. The van der Waals surface area contributed by atoms with Crippen molar-refractivity contribution in [3.8, 4) is 16.9 Å². The van der Waals surface area contributed by atoms with Gasteiger partial charge in [0.25, 0.3) is 5.91 Å². The van der Waals surface area contributed by atoms with Gasteiger partial charge in [-0.15, -0.1) is 0 Å². The molecule has 1 amide bonds. The Balaban J connectivity index is 1.76. The number of amides is 1. The summed E-state index contributed by atoms with van der Waals surface area (Å²) in [5, 5.41) is 6.76. The van der Waals surface area contributed by atoms with Crippen LogP contribution in [0.2, 0.25) is 0 Å². The number of rotatable bonds is 4. The average Bonchev–Trinajstić information content (AvgIpc) is 3.31. The highest BCUT2D eigenvalue weighted by Crippen LogP contribution is 2.42. The Morgan fingerprint density at radius 3 is 2.62 bits per heavy atom. The predicted molar refractivity (Wildman–Crippen MR) is 101 cm³/mol. The Labute approximate surface area is 165 Å². The molecule has 1 aromatic carbocycles. The van der Waals surface area contributed by atoms with E-state index < -0.39 is 11.9 Å². The van der Waals surface area contributed by atoms with E-state index in [1.165, 1.54) is 10.9 Å². The molecule has 0 radical (unpaired) electrons. The van der Waals surface area contributed by atoms with E-state index in [2.05, 4.69) is 10.4 Å². The first-order valence-electron chi connectivity index (χ1n) is 9.46. The number of nitrogens with one attached hydrogen (secondary N) is 1. The largest absolute Gasteiger partial charge is 0.469 e. The number of furan rings is 1.